The molecule has 1 unspecified atom stereocenters. The Balaban J connectivity index is 2.01. The number of nitrogens with zero attached hydrogens (tertiary/aromatic N) is 3. The van der Waals surface area contributed by atoms with Crippen molar-refractivity contribution >= 4 is 0 Å². The summed E-state index contributed by atoms with van der Waals surface area (Å²) in [6, 6.07) is 8.63. The number of aryl methyl sites for hydroxylation is 2. The lowest BCUT2D eigenvalue weighted by Crippen LogP contribution is -2.38. The lowest BCUT2D eigenvalue weighted by molar-refractivity contribution is 0.517. The van der Waals surface area contributed by atoms with Crippen LogP contribution in [-0.2, 0) is 19.9 Å². The van der Waals surface area contributed by atoms with Gasteiger partial charge in [0.15, 0.2) is 0 Å². The van der Waals surface area contributed by atoms with Gasteiger partial charge in [-0.05, 0) is 18.9 Å². The zero-order valence-electron chi connectivity index (χ0n) is 10.8. The van der Waals surface area contributed by atoms with Gasteiger partial charge >= 0.3 is 0 Å². The Morgan fingerprint density at radius 3 is 2.83 bits per heavy atom. The van der Waals surface area contributed by atoms with Crippen LogP contribution in [0.1, 0.15) is 16.8 Å². The predicted molar refractivity (Wildman–Crippen MR) is 70.7 cm³/mol. The third-order valence-corrected chi connectivity index (χ3v) is 2.91. The van der Waals surface area contributed by atoms with Crippen molar-refractivity contribution in [2.45, 2.75) is 25.8 Å². The smallest absolute Gasteiger partial charge is 0.0843 e. The average Bonchev–Trinajstić information content (AvgIpc) is 2.74. The first-order valence-corrected chi connectivity index (χ1v) is 6.04. The monoisotopic (exact) mass is 245 g/mol. The first kappa shape index (κ1) is 12.7. The Labute approximate surface area is 107 Å². The van der Waals surface area contributed by atoms with Crippen LogP contribution in [0.5, 0.6) is 0 Å². The number of hydrogen-bond donors (Lipinski definition) is 2. The zero-order valence-corrected chi connectivity index (χ0v) is 10.8. The maximum atomic E-state index is 5.61. The standard InChI is InChI=1S/C13H19N5/c1-10-4-3-5-11(6-10)7-12(15-14)8-13-9-18(2)17-16-13/h3-6,9,12,15H,7-8,14H2,1-2H3. The third kappa shape index (κ3) is 3.38. The molecule has 0 spiro atoms. The molecular formula is C13H19N5. The molecule has 1 aromatic heterocycles. The molecule has 5 heteroatoms. The van der Waals surface area contributed by atoms with Crippen LogP contribution in [0.15, 0.2) is 30.5 Å². The van der Waals surface area contributed by atoms with Crippen molar-refractivity contribution in [1.82, 2.24) is 20.4 Å². The number of benzene rings is 1. The van der Waals surface area contributed by atoms with E-state index in [0.717, 1.165) is 18.5 Å². The van der Waals surface area contributed by atoms with Gasteiger partial charge in [0.2, 0.25) is 0 Å². The first-order valence-electron chi connectivity index (χ1n) is 6.04. The van der Waals surface area contributed by atoms with Gasteiger partial charge in [0.1, 0.15) is 0 Å². The van der Waals surface area contributed by atoms with Gasteiger partial charge in [-0.15, -0.1) is 5.10 Å². The minimum absolute atomic E-state index is 0.170. The number of nitrogens with one attached hydrogen (secondary N) is 1. The molecule has 1 heterocycles. The van der Waals surface area contributed by atoms with Crippen molar-refractivity contribution in [3.05, 3.63) is 47.3 Å². The predicted octanol–water partition coefficient (Wildman–Crippen LogP) is 0.741. The normalized spacial score (nSPS) is 12.6. The van der Waals surface area contributed by atoms with E-state index in [-0.39, 0.29) is 6.04 Å². The molecule has 2 aromatic rings. The molecule has 0 saturated carbocycles. The molecule has 2 rings (SSSR count). The average molecular weight is 245 g/mol. The molecule has 1 atom stereocenters. The fourth-order valence-corrected chi connectivity index (χ4v) is 2.05. The highest BCUT2D eigenvalue weighted by Crippen LogP contribution is 2.09. The SMILES string of the molecule is Cc1cccc(CC(Cc2cn(C)nn2)NN)c1. The summed E-state index contributed by atoms with van der Waals surface area (Å²) in [7, 11) is 1.86. The van der Waals surface area contributed by atoms with Crippen molar-refractivity contribution in [1.29, 1.82) is 0 Å². The van der Waals surface area contributed by atoms with Crippen LogP contribution in [0.2, 0.25) is 0 Å². The second-order valence-corrected chi connectivity index (χ2v) is 4.64. The fourth-order valence-electron chi connectivity index (χ4n) is 2.05. The van der Waals surface area contributed by atoms with Crippen LogP contribution in [0.4, 0.5) is 0 Å². The molecule has 0 radical (unpaired) electrons. The molecule has 0 amide bonds. The van der Waals surface area contributed by atoms with Crippen LogP contribution >= 0.6 is 0 Å². The molecular weight excluding hydrogens is 226 g/mol. The van der Waals surface area contributed by atoms with Crippen LogP contribution < -0.4 is 11.3 Å². The van der Waals surface area contributed by atoms with E-state index in [2.05, 4.69) is 46.9 Å². The lowest BCUT2D eigenvalue weighted by Gasteiger charge is -2.14. The number of hydrogen-bond acceptors (Lipinski definition) is 4. The Morgan fingerprint density at radius 2 is 2.22 bits per heavy atom. The summed E-state index contributed by atoms with van der Waals surface area (Å²) in [5.41, 5.74) is 6.35. The molecule has 0 bridgehead atoms. The maximum absolute atomic E-state index is 5.61. The highest BCUT2D eigenvalue weighted by molar-refractivity contribution is 5.23. The second-order valence-electron chi connectivity index (χ2n) is 4.64. The minimum atomic E-state index is 0.170. The van der Waals surface area contributed by atoms with Crippen molar-refractivity contribution in [2.24, 2.45) is 12.9 Å². The highest BCUT2D eigenvalue weighted by atomic mass is 15.4. The van der Waals surface area contributed by atoms with Gasteiger partial charge in [0, 0.05) is 25.7 Å². The van der Waals surface area contributed by atoms with Gasteiger partial charge in [-0.3, -0.25) is 16.0 Å². The van der Waals surface area contributed by atoms with Gasteiger partial charge in [-0.1, -0.05) is 35.0 Å². The van der Waals surface area contributed by atoms with Crippen molar-refractivity contribution in [3.8, 4) is 0 Å². The topological polar surface area (TPSA) is 68.8 Å². The molecule has 0 aliphatic heterocycles. The Kier molecular flexibility index (Phi) is 4.07. The molecule has 0 saturated heterocycles. The summed E-state index contributed by atoms with van der Waals surface area (Å²) in [5, 5.41) is 8.00. The summed E-state index contributed by atoms with van der Waals surface area (Å²) in [4.78, 5) is 0. The summed E-state index contributed by atoms with van der Waals surface area (Å²) < 4.78 is 1.70. The fraction of sp³-hybridized carbons (Fsp3) is 0.385. The third-order valence-electron chi connectivity index (χ3n) is 2.91. The molecule has 3 N–H and O–H groups in total. The summed E-state index contributed by atoms with van der Waals surface area (Å²) in [5.74, 6) is 5.61. The quantitative estimate of drug-likeness (QED) is 0.602. The molecule has 0 aliphatic rings. The molecule has 96 valence electrons. The van der Waals surface area contributed by atoms with Crippen molar-refractivity contribution in [3.63, 3.8) is 0 Å². The molecule has 0 aliphatic carbocycles. The second kappa shape index (κ2) is 5.75. The Hall–Kier alpha value is -1.72. The van der Waals surface area contributed by atoms with E-state index in [1.807, 2.05) is 13.2 Å². The van der Waals surface area contributed by atoms with Gasteiger partial charge in [0.25, 0.3) is 0 Å². The van der Waals surface area contributed by atoms with E-state index in [4.69, 9.17) is 5.84 Å². The van der Waals surface area contributed by atoms with Crippen molar-refractivity contribution in [2.75, 3.05) is 0 Å². The largest absolute Gasteiger partial charge is 0.271 e. The maximum Gasteiger partial charge on any atom is 0.0843 e. The first-order chi connectivity index (χ1) is 8.67. The van der Waals surface area contributed by atoms with E-state index in [0.29, 0.717) is 0 Å². The summed E-state index contributed by atoms with van der Waals surface area (Å²) in [6.45, 7) is 2.09. The number of rotatable bonds is 5. The Bertz CT molecular complexity index is 506. The highest BCUT2D eigenvalue weighted by Gasteiger charge is 2.11. The van der Waals surface area contributed by atoms with Crippen LogP contribution in [-0.4, -0.2) is 21.0 Å². The number of aromatic nitrogens is 3. The van der Waals surface area contributed by atoms with Crippen LogP contribution in [0, 0.1) is 6.92 Å². The molecule has 0 fully saturated rings. The molecule has 18 heavy (non-hydrogen) atoms. The van der Waals surface area contributed by atoms with Gasteiger partial charge < -0.3 is 0 Å². The molecule has 5 nitrogen and oxygen atoms in total. The Morgan fingerprint density at radius 1 is 1.39 bits per heavy atom. The zero-order chi connectivity index (χ0) is 13.0. The van der Waals surface area contributed by atoms with Gasteiger partial charge in [-0.2, -0.15) is 0 Å². The summed E-state index contributed by atoms with van der Waals surface area (Å²) >= 11 is 0. The van der Waals surface area contributed by atoms with Crippen molar-refractivity contribution < 1.29 is 0 Å². The molecule has 1 aromatic carbocycles. The van der Waals surface area contributed by atoms with E-state index in [1.165, 1.54) is 11.1 Å². The van der Waals surface area contributed by atoms with E-state index < -0.39 is 0 Å². The number of hydrazine groups is 1. The summed E-state index contributed by atoms with van der Waals surface area (Å²) in [6.07, 6.45) is 3.58. The van der Waals surface area contributed by atoms with Gasteiger partial charge in [0.05, 0.1) is 5.69 Å². The van der Waals surface area contributed by atoms with Gasteiger partial charge in [-0.25, -0.2) is 0 Å². The van der Waals surface area contributed by atoms with Crippen LogP contribution in [0.25, 0.3) is 0 Å². The minimum Gasteiger partial charge on any atom is -0.271 e. The van der Waals surface area contributed by atoms with Crippen LogP contribution in [0.3, 0.4) is 0 Å². The lowest BCUT2D eigenvalue weighted by atomic mass is 10.0. The van der Waals surface area contributed by atoms with E-state index in [9.17, 15) is 0 Å². The van der Waals surface area contributed by atoms with E-state index in [1.54, 1.807) is 4.68 Å². The van der Waals surface area contributed by atoms with E-state index >= 15 is 0 Å². The number of nitrogens with two attached hydrogens (primary N) is 1.